The van der Waals surface area contributed by atoms with Crippen LogP contribution in [0.3, 0.4) is 0 Å². The van der Waals surface area contributed by atoms with Gasteiger partial charge in [0.25, 0.3) is 5.92 Å². The van der Waals surface area contributed by atoms with Gasteiger partial charge in [0, 0.05) is 38.3 Å². The Balaban J connectivity index is 1.75. The van der Waals surface area contributed by atoms with Gasteiger partial charge in [-0.15, -0.1) is 5.10 Å². The number of nitrogens with zero attached hydrogens (tertiary/aromatic N) is 4. The first-order valence-electron chi connectivity index (χ1n) is 5.69. The first kappa shape index (κ1) is 11.1. The highest BCUT2D eigenvalue weighted by Gasteiger charge is 2.35. The van der Waals surface area contributed by atoms with Crippen LogP contribution in [0.1, 0.15) is 12.8 Å². The van der Waals surface area contributed by atoms with Crippen molar-refractivity contribution in [2.75, 3.05) is 18.0 Å². The first-order valence-corrected chi connectivity index (χ1v) is 5.69. The third-order valence-electron chi connectivity index (χ3n) is 2.97. The van der Waals surface area contributed by atoms with Gasteiger partial charge in [0.05, 0.1) is 0 Å². The second kappa shape index (κ2) is 4.04. The molecule has 2 aromatic rings. The third-order valence-corrected chi connectivity index (χ3v) is 2.97. The monoisotopic (exact) mass is 254 g/mol. The molecule has 96 valence electrons. The van der Waals surface area contributed by atoms with Crippen LogP contribution in [0, 0.1) is 0 Å². The molecule has 6 nitrogen and oxygen atoms in total. The maximum absolute atomic E-state index is 13.0. The Bertz CT molecular complexity index is 510. The number of anilines is 1. The van der Waals surface area contributed by atoms with Gasteiger partial charge < -0.3 is 9.88 Å². The van der Waals surface area contributed by atoms with E-state index in [0.29, 0.717) is 17.6 Å². The highest BCUT2D eigenvalue weighted by Crippen LogP contribution is 2.29. The Hall–Kier alpha value is -1.99. The zero-order valence-electron chi connectivity index (χ0n) is 9.53. The quantitative estimate of drug-likeness (QED) is 0.850. The molecule has 0 aliphatic carbocycles. The molecule has 0 radical (unpaired) electrons. The molecule has 8 heteroatoms. The molecule has 0 aromatic carbocycles. The molecule has 0 amide bonds. The van der Waals surface area contributed by atoms with Gasteiger partial charge in [-0.3, -0.25) is 5.10 Å². The Morgan fingerprint density at radius 1 is 1.22 bits per heavy atom. The molecule has 3 heterocycles. The Morgan fingerprint density at radius 3 is 2.67 bits per heavy atom. The van der Waals surface area contributed by atoms with Gasteiger partial charge in [0.2, 0.25) is 5.95 Å². The summed E-state index contributed by atoms with van der Waals surface area (Å²) in [5.41, 5.74) is 0. The highest BCUT2D eigenvalue weighted by atomic mass is 19.3. The Kier molecular flexibility index (Phi) is 2.49. The fraction of sp³-hybridized carbons (Fsp3) is 0.500. The number of rotatable bonds is 2. The fourth-order valence-corrected chi connectivity index (χ4v) is 1.93. The lowest BCUT2D eigenvalue weighted by Crippen LogP contribution is -2.39. The van der Waals surface area contributed by atoms with Gasteiger partial charge in [-0.05, 0) is 0 Å². The zero-order chi connectivity index (χ0) is 12.6. The van der Waals surface area contributed by atoms with E-state index in [0.717, 1.165) is 0 Å². The molecule has 0 spiro atoms. The molecule has 1 saturated heterocycles. The normalized spacial score (nSPS) is 19.1. The fourth-order valence-electron chi connectivity index (χ4n) is 1.93. The molecule has 0 saturated carbocycles. The predicted molar refractivity (Wildman–Crippen MR) is 60.4 cm³/mol. The largest absolute Gasteiger partial charge is 0.342 e. The number of halogens is 2. The van der Waals surface area contributed by atoms with Crippen molar-refractivity contribution in [3.63, 3.8) is 0 Å². The number of aromatic nitrogens is 5. The van der Waals surface area contributed by atoms with Crippen molar-refractivity contribution in [2.45, 2.75) is 18.8 Å². The number of nitrogens with one attached hydrogen (secondary N) is 2. The SMILES string of the molecule is FC1(F)CCN(c2n[nH]c(-c3ncc[nH]3)n2)CC1. The number of alkyl halides is 2. The van der Waals surface area contributed by atoms with Gasteiger partial charge in [-0.25, -0.2) is 13.8 Å². The Labute approximate surface area is 101 Å². The molecule has 18 heavy (non-hydrogen) atoms. The summed E-state index contributed by atoms with van der Waals surface area (Å²) in [4.78, 5) is 12.9. The van der Waals surface area contributed by atoms with E-state index < -0.39 is 5.92 Å². The van der Waals surface area contributed by atoms with Crippen molar-refractivity contribution >= 4 is 5.95 Å². The van der Waals surface area contributed by atoms with Gasteiger partial charge in [0.1, 0.15) is 0 Å². The molecule has 2 aromatic heterocycles. The summed E-state index contributed by atoms with van der Waals surface area (Å²) < 4.78 is 26.1. The second-order valence-corrected chi connectivity index (χ2v) is 4.26. The summed E-state index contributed by atoms with van der Waals surface area (Å²) in [6, 6.07) is 0. The summed E-state index contributed by atoms with van der Waals surface area (Å²) in [7, 11) is 0. The summed E-state index contributed by atoms with van der Waals surface area (Å²) in [5, 5.41) is 6.77. The maximum Gasteiger partial charge on any atom is 0.251 e. The van der Waals surface area contributed by atoms with E-state index in [1.165, 1.54) is 0 Å². The molecule has 2 N–H and O–H groups in total. The lowest BCUT2D eigenvalue weighted by molar-refractivity contribution is -0.0222. The lowest BCUT2D eigenvalue weighted by atomic mass is 10.1. The minimum absolute atomic E-state index is 0.155. The van der Waals surface area contributed by atoms with Gasteiger partial charge in [-0.1, -0.05) is 0 Å². The van der Waals surface area contributed by atoms with Crippen LogP contribution in [0.5, 0.6) is 0 Å². The third kappa shape index (κ3) is 2.05. The van der Waals surface area contributed by atoms with Gasteiger partial charge in [0.15, 0.2) is 11.6 Å². The van der Waals surface area contributed by atoms with Crippen LogP contribution in [0.2, 0.25) is 0 Å². The lowest BCUT2D eigenvalue weighted by Gasteiger charge is -2.30. The molecule has 3 rings (SSSR count). The van der Waals surface area contributed by atoms with Crippen molar-refractivity contribution in [2.24, 2.45) is 0 Å². The van der Waals surface area contributed by atoms with E-state index in [9.17, 15) is 8.78 Å². The molecular formula is C10H12F2N6. The van der Waals surface area contributed by atoms with Gasteiger partial charge in [-0.2, -0.15) is 4.98 Å². The number of H-pyrrole nitrogens is 2. The molecule has 1 fully saturated rings. The minimum atomic E-state index is -2.56. The molecule has 0 unspecified atom stereocenters. The zero-order valence-corrected chi connectivity index (χ0v) is 9.53. The topological polar surface area (TPSA) is 73.5 Å². The van der Waals surface area contributed by atoms with Crippen LogP contribution >= 0.6 is 0 Å². The van der Waals surface area contributed by atoms with Crippen LogP contribution in [-0.2, 0) is 0 Å². The molecule has 1 aliphatic rings. The van der Waals surface area contributed by atoms with E-state index in [2.05, 4.69) is 25.1 Å². The van der Waals surface area contributed by atoms with Crippen molar-refractivity contribution in [3.8, 4) is 11.6 Å². The predicted octanol–water partition coefficient (Wildman–Crippen LogP) is 1.43. The average Bonchev–Trinajstić information content (AvgIpc) is 2.99. The number of hydrogen-bond acceptors (Lipinski definition) is 4. The molecule has 1 aliphatic heterocycles. The van der Waals surface area contributed by atoms with Crippen molar-refractivity contribution in [1.29, 1.82) is 0 Å². The maximum atomic E-state index is 13.0. The van der Waals surface area contributed by atoms with Crippen molar-refractivity contribution < 1.29 is 8.78 Å². The van der Waals surface area contributed by atoms with E-state index in [4.69, 9.17) is 0 Å². The number of aromatic amines is 2. The van der Waals surface area contributed by atoms with Crippen molar-refractivity contribution in [3.05, 3.63) is 12.4 Å². The van der Waals surface area contributed by atoms with Crippen LogP contribution < -0.4 is 4.90 Å². The highest BCUT2D eigenvalue weighted by molar-refractivity contribution is 5.46. The molecule has 0 bridgehead atoms. The van der Waals surface area contributed by atoms with Crippen LogP contribution in [-0.4, -0.2) is 44.2 Å². The standard InChI is InChI=1S/C10H12F2N6/c11-10(12)1-5-18(6-2-10)9-15-8(16-17-9)7-13-3-4-14-7/h3-4H,1-2,5-6H2,(H,13,14)(H,15,16,17). The first-order chi connectivity index (χ1) is 8.64. The second-order valence-electron chi connectivity index (χ2n) is 4.26. The van der Waals surface area contributed by atoms with Crippen LogP contribution in [0.25, 0.3) is 11.6 Å². The van der Waals surface area contributed by atoms with Crippen LogP contribution in [0.15, 0.2) is 12.4 Å². The van der Waals surface area contributed by atoms with Crippen LogP contribution in [0.4, 0.5) is 14.7 Å². The number of hydrogen-bond donors (Lipinski definition) is 2. The summed E-state index contributed by atoms with van der Waals surface area (Å²) in [6.45, 7) is 0.533. The number of piperidine rings is 1. The van der Waals surface area contributed by atoms with E-state index in [-0.39, 0.29) is 25.9 Å². The van der Waals surface area contributed by atoms with Crippen molar-refractivity contribution in [1.82, 2.24) is 25.1 Å². The number of imidazole rings is 1. The summed E-state index contributed by atoms with van der Waals surface area (Å²) in [5.74, 6) is -1.03. The summed E-state index contributed by atoms with van der Waals surface area (Å²) in [6.07, 6.45) is 2.98. The molecule has 0 atom stereocenters. The minimum Gasteiger partial charge on any atom is -0.342 e. The average molecular weight is 254 g/mol. The van der Waals surface area contributed by atoms with Gasteiger partial charge >= 0.3 is 0 Å². The molecular weight excluding hydrogens is 242 g/mol. The van der Waals surface area contributed by atoms with E-state index >= 15 is 0 Å². The summed E-state index contributed by atoms with van der Waals surface area (Å²) >= 11 is 0. The smallest absolute Gasteiger partial charge is 0.251 e. The Morgan fingerprint density at radius 2 is 2.00 bits per heavy atom. The van der Waals surface area contributed by atoms with E-state index in [1.54, 1.807) is 17.3 Å². The van der Waals surface area contributed by atoms with E-state index in [1.807, 2.05) is 0 Å².